The predicted octanol–water partition coefficient (Wildman–Crippen LogP) is 2.86. The second kappa shape index (κ2) is 4.88. The standard InChI is InChI=1S/C17H17N3O/c21-17(20-10-9-12-3-1-2-4-16(12)20)15-8-7-14(11-18-15)19-13-5-6-13/h1-4,7-8,11,13,19H,5-6,9-10H2. The van der Waals surface area contributed by atoms with Gasteiger partial charge in [-0.15, -0.1) is 0 Å². The first-order valence-electron chi connectivity index (χ1n) is 7.43. The van der Waals surface area contributed by atoms with Crippen molar-refractivity contribution in [1.29, 1.82) is 0 Å². The van der Waals surface area contributed by atoms with E-state index in [1.54, 1.807) is 6.20 Å². The number of hydrogen-bond donors (Lipinski definition) is 1. The number of pyridine rings is 1. The van der Waals surface area contributed by atoms with E-state index in [2.05, 4.69) is 16.4 Å². The van der Waals surface area contributed by atoms with Crippen LogP contribution in [0, 0.1) is 0 Å². The first kappa shape index (κ1) is 12.4. The molecule has 0 spiro atoms. The predicted molar refractivity (Wildman–Crippen MR) is 82.7 cm³/mol. The molecule has 2 aliphatic rings. The van der Waals surface area contributed by atoms with Crippen molar-refractivity contribution in [2.75, 3.05) is 16.8 Å². The molecule has 1 saturated carbocycles. The SMILES string of the molecule is O=C(c1ccc(NC2CC2)cn1)N1CCc2ccccc21. The molecule has 1 aliphatic carbocycles. The monoisotopic (exact) mass is 279 g/mol. The zero-order valence-corrected chi connectivity index (χ0v) is 11.7. The van der Waals surface area contributed by atoms with E-state index in [1.807, 2.05) is 35.2 Å². The van der Waals surface area contributed by atoms with E-state index in [4.69, 9.17) is 0 Å². The van der Waals surface area contributed by atoms with Gasteiger partial charge in [0.25, 0.3) is 5.91 Å². The number of rotatable bonds is 3. The van der Waals surface area contributed by atoms with Crippen molar-refractivity contribution in [3.63, 3.8) is 0 Å². The molecule has 4 nitrogen and oxygen atoms in total. The summed E-state index contributed by atoms with van der Waals surface area (Å²) in [4.78, 5) is 18.7. The Labute approximate surface area is 123 Å². The third-order valence-corrected chi connectivity index (χ3v) is 4.06. The molecule has 21 heavy (non-hydrogen) atoms. The molecule has 0 radical (unpaired) electrons. The van der Waals surface area contributed by atoms with Crippen LogP contribution in [0.25, 0.3) is 0 Å². The number of hydrogen-bond acceptors (Lipinski definition) is 3. The molecule has 1 aromatic heterocycles. The number of anilines is 2. The van der Waals surface area contributed by atoms with Crippen molar-refractivity contribution in [3.05, 3.63) is 53.9 Å². The Kier molecular flexibility index (Phi) is 2.88. The minimum Gasteiger partial charge on any atom is -0.381 e. The second-order valence-electron chi connectivity index (χ2n) is 5.69. The zero-order valence-electron chi connectivity index (χ0n) is 11.7. The van der Waals surface area contributed by atoms with Crippen molar-refractivity contribution in [1.82, 2.24) is 4.98 Å². The van der Waals surface area contributed by atoms with Gasteiger partial charge in [0.1, 0.15) is 5.69 Å². The fraction of sp³-hybridized carbons (Fsp3) is 0.294. The van der Waals surface area contributed by atoms with E-state index < -0.39 is 0 Å². The number of carbonyl (C=O) groups is 1. The summed E-state index contributed by atoms with van der Waals surface area (Å²) in [5.74, 6) is -0.0158. The van der Waals surface area contributed by atoms with Gasteiger partial charge < -0.3 is 10.2 Å². The van der Waals surface area contributed by atoms with E-state index in [9.17, 15) is 4.79 Å². The van der Waals surface area contributed by atoms with Gasteiger partial charge in [0.05, 0.1) is 11.9 Å². The van der Waals surface area contributed by atoms with Crippen LogP contribution in [0.2, 0.25) is 0 Å². The second-order valence-corrected chi connectivity index (χ2v) is 5.69. The highest BCUT2D eigenvalue weighted by molar-refractivity contribution is 6.06. The molecule has 2 heterocycles. The summed E-state index contributed by atoms with van der Waals surface area (Å²) in [6, 6.07) is 12.4. The fourth-order valence-electron chi connectivity index (χ4n) is 2.76. The topological polar surface area (TPSA) is 45.2 Å². The van der Waals surface area contributed by atoms with Crippen LogP contribution in [0.15, 0.2) is 42.6 Å². The molecule has 0 saturated heterocycles. The van der Waals surface area contributed by atoms with E-state index in [0.29, 0.717) is 11.7 Å². The van der Waals surface area contributed by atoms with E-state index in [1.165, 1.54) is 18.4 Å². The molecular weight excluding hydrogens is 262 g/mol. The van der Waals surface area contributed by atoms with Crippen LogP contribution >= 0.6 is 0 Å². The maximum absolute atomic E-state index is 12.6. The lowest BCUT2D eigenvalue weighted by molar-refractivity contribution is 0.0984. The van der Waals surface area contributed by atoms with E-state index in [-0.39, 0.29) is 5.91 Å². The largest absolute Gasteiger partial charge is 0.381 e. The summed E-state index contributed by atoms with van der Waals surface area (Å²) in [6.45, 7) is 0.738. The lowest BCUT2D eigenvalue weighted by atomic mass is 10.2. The summed E-state index contributed by atoms with van der Waals surface area (Å²) >= 11 is 0. The van der Waals surface area contributed by atoms with E-state index >= 15 is 0 Å². The number of aromatic nitrogens is 1. The van der Waals surface area contributed by atoms with Gasteiger partial charge in [0.15, 0.2) is 0 Å². The molecule has 1 N–H and O–H groups in total. The number of para-hydroxylation sites is 1. The Morgan fingerprint density at radius 1 is 1.19 bits per heavy atom. The molecule has 4 heteroatoms. The third-order valence-electron chi connectivity index (χ3n) is 4.06. The summed E-state index contributed by atoms with van der Waals surface area (Å²) in [5, 5.41) is 3.38. The highest BCUT2D eigenvalue weighted by atomic mass is 16.2. The molecule has 4 rings (SSSR count). The van der Waals surface area contributed by atoms with Crippen LogP contribution in [0.3, 0.4) is 0 Å². The lowest BCUT2D eigenvalue weighted by Crippen LogP contribution is -2.29. The maximum Gasteiger partial charge on any atom is 0.276 e. The van der Waals surface area contributed by atoms with Gasteiger partial charge in [-0.25, -0.2) is 4.98 Å². The first-order chi connectivity index (χ1) is 10.3. The first-order valence-corrected chi connectivity index (χ1v) is 7.43. The van der Waals surface area contributed by atoms with E-state index in [0.717, 1.165) is 24.3 Å². The zero-order chi connectivity index (χ0) is 14.2. The van der Waals surface area contributed by atoms with Gasteiger partial charge in [-0.1, -0.05) is 18.2 Å². The Balaban J connectivity index is 1.54. The Morgan fingerprint density at radius 2 is 2.05 bits per heavy atom. The third kappa shape index (κ3) is 2.37. The average molecular weight is 279 g/mol. The number of carbonyl (C=O) groups excluding carboxylic acids is 1. The van der Waals surface area contributed by atoms with Gasteiger partial charge in [0.2, 0.25) is 0 Å². The summed E-state index contributed by atoms with van der Waals surface area (Å²) in [7, 11) is 0. The van der Waals surface area contributed by atoms with Gasteiger partial charge >= 0.3 is 0 Å². The minimum atomic E-state index is -0.0158. The Bertz CT molecular complexity index is 677. The van der Waals surface area contributed by atoms with Crippen LogP contribution in [0.4, 0.5) is 11.4 Å². The maximum atomic E-state index is 12.6. The molecule has 0 atom stereocenters. The molecule has 2 aromatic rings. The lowest BCUT2D eigenvalue weighted by Gasteiger charge is -2.17. The summed E-state index contributed by atoms with van der Waals surface area (Å²) < 4.78 is 0. The quantitative estimate of drug-likeness (QED) is 0.939. The van der Waals surface area contributed by atoms with Crippen molar-refractivity contribution in [2.45, 2.75) is 25.3 Å². The van der Waals surface area contributed by atoms with Crippen molar-refractivity contribution >= 4 is 17.3 Å². The Morgan fingerprint density at radius 3 is 2.81 bits per heavy atom. The molecule has 1 aromatic carbocycles. The van der Waals surface area contributed by atoms with Crippen molar-refractivity contribution < 1.29 is 4.79 Å². The Hall–Kier alpha value is -2.36. The number of nitrogens with one attached hydrogen (secondary N) is 1. The highest BCUT2D eigenvalue weighted by Gasteiger charge is 2.26. The molecule has 1 amide bonds. The van der Waals surface area contributed by atoms with Gasteiger partial charge in [-0.3, -0.25) is 4.79 Å². The van der Waals surface area contributed by atoms with Gasteiger partial charge in [-0.2, -0.15) is 0 Å². The van der Waals surface area contributed by atoms with Crippen LogP contribution in [-0.4, -0.2) is 23.5 Å². The molecule has 0 unspecified atom stereocenters. The highest BCUT2D eigenvalue weighted by Crippen LogP contribution is 2.29. The number of amides is 1. The molecule has 0 bridgehead atoms. The van der Waals surface area contributed by atoms with Gasteiger partial charge in [0, 0.05) is 18.3 Å². The van der Waals surface area contributed by atoms with Crippen molar-refractivity contribution in [3.8, 4) is 0 Å². The molecular formula is C17H17N3O. The van der Waals surface area contributed by atoms with Crippen LogP contribution in [0.1, 0.15) is 28.9 Å². The minimum absolute atomic E-state index is 0.0158. The van der Waals surface area contributed by atoms with Crippen LogP contribution in [-0.2, 0) is 6.42 Å². The fourth-order valence-corrected chi connectivity index (χ4v) is 2.76. The molecule has 106 valence electrons. The summed E-state index contributed by atoms with van der Waals surface area (Å²) in [5.41, 5.74) is 3.76. The number of benzene rings is 1. The van der Waals surface area contributed by atoms with Crippen LogP contribution in [0.5, 0.6) is 0 Å². The average Bonchev–Trinajstić information content (AvgIpc) is 3.23. The van der Waals surface area contributed by atoms with Crippen molar-refractivity contribution in [2.24, 2.45) is 0 Å². The van der Waals surface area contributed by atoms with Crippen LogP contribution < -0.4 is 10.2 Å². The normalized spacial score (nSPS) is 16.7. The number of nitrogens with zero attached hydrogens (tertiary/aromatic N) is 2. The summed E-state index contributed by atoms with van der Waals surface area (Å²) in [6.07, 6.45) is 5.13. The number of fused-ring (bicyclic) bond motifs is 1. The smallest absolute Gasteiger partial charge is 0.276 e. The molecule has 1 aliphatic heterocycles. The van der Waals surface area contributed by atoms with Gasteiger partial charge in [-0.05, 0) is 43.0 Å². The molecule has 1 fully saturated rings.